The van der Waals surface area contributed by atoms with Crippen molar-refractivity contribution in [3.63, 3.8) is 0 Å². The highest BCUT2D eigenvalue weighted by Crippen LogP contribution is 2.12. The third-order valence-corrected chi connectivity index (χ3v) is 3.42. The highest BCUT2D eigenvalue weighted by Gasteiger charge is 1.99. The molecular weight excluding hydrogens is 260 g/mol. The summed E-state index contributed by atoms with van der Waals surface area (Å²) in [4.78, 5) is 0. The van der Waals surface area contributed by atoms with Gasteiger partial charge in [-0.15, -0.1) is 0 Å². The second-order valence-electron chi connectivity index (χ2n) is 5.29. The van der Waals surface area contributed by atoms with E-state index >= 15 is 0 Å². The summed E-state index contributed by atoms with van der Waals surface area (Å²) in [5.74, 6) is 0.988. The lowest BCUT2D eigenvalue weighted by Gasteiger charge is -2.09. The average molecular weight is 290 g/mol. The third kappa shape index (κ3) is 9.17. The van der Waals surface area contributed by atoms with Gasteiger partial charge < -0.3 is 9.47 Å². The lowest BCUT2D eigenvalue weighted by Crippen LogP contribution is -1.98. The maximum Gasteiger partial charge on any atom is 0.130 e. The lowest BCUT2D eigenvalue weighted by atomic mass is 10.1. The topological polar surface area (TPSA) is 18.5 Å². The predicted octanol–water partition coefficient (Wildman–Crippen LogP) is 5.48. The number of hydrogen-bond donors (Lipinski definition) is 0. The molecule has 0 atom stereocenters. The van der Waals surface area contributed by atoms with E-state index in [1.807, 2.05) is 19.3 Å². The fourth-order valence-corrected chi connectivity index (χ4v) is 2.23. The first-order chi connectivity index (χ1) is 10.4. The van der Waals surface area contributed by atoms with Crippen LogP contribution in [-0.2, 0) is 15.9 Å². The molecular formula is C19H30O2. The quantitative estimate of drug-likeness (QED) is 0.374. The molecule has 0 saturated carbocycles. The Bertz CT molecular complexity index is 370. The summed E-state index contributed by atoms with van der Waals surface area (Å²) in [7, 11) is 0. The first-order valence-corrected chi connectivity index (χ1v) is 8.34. The minimum absolute atomic E-state index is 0.705. The van der Waals surface area contributed by atoms with Crippen molar-refractivity contribution in [2.24, 2.45) is 0 Å². The molecule has 0 radical (unpaired) electrons. The smallest absolute Gasteiger partial charge is 0.130 e. The minimum Gasteiger partial charge on any atom is -0.497 e. The summed E-state index contributed by atoms with van der Waals surface area (Å²) in [5.41, 5.74) is 1.31. The van der Waals surface area contributed by atoms with Gasteiger partial charge in [0, 0.05) is 12.8 Å². The largest absolute Gasteiger partial charge is 0.497 e. The van der Waals surface area contributed by atoms with Crippen molar-refractivity contribution in [1.82, 2.24) is 0 Å². The fraction of sp³-hybridized carbons (Fsp3) is 0.579. The van der Waals surface area contributed by atoms with E-state index in [2.05, 4.69) is 31.2 Å². The molecule has 2 heteroatoms. The number of unbranched alkanes of at least 4 members (excludes halogenated alkanes) is 4. The van der Waals surface area contributed by atoms with Gasteiger partial charge in [-0.1, -0.05) is 62.9 Å². The van der Waals surface area contributed by atoms with Crippen LogP contribution in [0.25, 0.3) is 0 Å². The van der Waals surface area contributed by atoms with Crippen LogP contribution >= 0.6 is 0 Å². The van der Waals surface area contributed by atoms with E-state index in [0.717, 1.165) is 18.6 Å². The standard InChI is InChI=1S/C19H30O2/c1-3-5-6-7-11-14-19(21-4-2)17-20-16-15-18-12-9-8-10-13-18/h8-10,12-13,17H,3-7,11,14-16H2,1-2H3/b19-17+. The van der Waals surface area contributed by atoms with Crippen molar-refractivity contribution in [2.75, 3.05) is 13.2 Å². The molecule has 1 aromatic rings. The van der Waals surface area contributed by atoms with Gasteiger partial charge in [0.2, 0.25) is 0 Å². The Kier molecular flexibility index (Phi) is 10.3. The van der Waals surface area contributed by atoms with Crippen molar-refractivity contribution in [1.29, 1.82) is 0 Å². The number of hydrogen-bond acceptors (Lipinski definition) is 2. The van der Waals surface area contributed by atoms with Crippen molar-refractivity contribution in [3.05, 3.63) is 47.9 Å². The molecule has 21 heavy (non-hydrogen) atoms. The molecule has 0 aliphatic carbocycles. The van der Waals surface area contributed by atoms with Gasteiger partial charge in [-0.05, 0) is 18.9 Å². The Morgan fingerprint density at radius 3 is 2.48 bits per heavy atom. The van der Waals surface area contributed by atoms with E-state index < -0.39 is 0 Å². The van der Waals surface area contributed by atoms with E-state index in [1.165, 1.54) is 37.7 Å². The molecule has 0 spiro atoms. The van der Waals surface area contributed by atoms with Crippen LogP contribution in [0.1, 0.15) is 57.9 Å². The molecule has 0 N–H and O–H groups in total. The van der Waals surface area contributed by atoms with Crippen LogP contribution in [0.15, 0.2) is 42.4 Å². The molecule has 0 aromatic heterocycles. The average Bonchev–Trinajstić information content (AvgIpc) is 2.52. The second-order valence-corrected chi connectivity index (χ2v) is 5.29. The second kappa shape index (κ2) is 12.3. The number of ether oxygens (including phenoxy) is 2. The van der Waals surface area contributed by atoms with E-state index in [1.54, 1.807) is 0 Å². The summed E-state index contributed by atoms with van der Waals surface area (Å²) in [5, 5.41) is 0. The van der Waals surface area contributed by atoms with Gasteiger partial charge in [-0.3, -0.25) is 0 Å². The zero-order valence-electron chi connectivity index (χ0n) is 13.6. The molecule has 0 aliphatic heterocycles. The number of allylic oxidation sites excluding steroid dienone is 1. The van der Waals surface area contributed by atoms with Crippen LogP contribution in [0.2, 0.25) is 0 Å². The maximum atomic E-state index is 5.64. The van der Waals surface area contributed by atoms with E-state index in [0.29, 0.717) is 13.2 Å². The summed E-state index contributed by atoms with van der Waals surface area (Å²) in [6, 6.07) is 10.4. The Labute approximate surface area is 130 Å². The number of benzene rings is 1. The molecule has 0 heterocycles. The monoisotopic (exact) mass is 290 g/mol. The first kappa shape index (κ1) is 17.6. The van der Waals surface area contributed by atoms with E-state index in [-0.39, 0.29) is 0 Å². The minimum atomic E-state index is 0.705. The third-order valence-electron chi connectivity index (χ3n) is 3.42. The van der Waals surface area contributed by atoms with Gasteiger partial charge in [0.15, 0.2) is 0 Å². The Hall–Kier alpha value is -1.44. The van der Waals surface area contributed by atoms with E-state index in [9.17, 15) is 0 Å². The van der Waals surface area contributed by atoms with Gasteiger partial charge in [0.1, 0.15) is 12.0 Å². The summed E-state index contributed by atoms with van der Waals surface area (Å²) < 4.78 is 11.3. The summed E-state index contributed by atoms with van der Waals surface area (Å²) in [6.45, 7) is 5.68. The summed E-state index contributed by atoms with van der Waals surface area (Å²) in [6.07, 6.45) is 10.2. The van der Waals surface area contributed by atoms with Crippen LogP contribution in [0.3, 0.4) is 0 Å². The van der Waals surface area contributed by atoms with Gasteiger partial charge in [0.25, 0.3) is 0 Å². The van der Waals surface area contributed by atoms with Crippen LogP contribution in [0, 0.1) is 0 Å². The molecule has 0 unspecified atom stereocenters. The zero-order chi connectivity index (χ0) is 15.2. The van der Waals surface area contributed by atoms with Crippen LogP contribution < -0.4 is 0 Å². The fourth-order valence-electron chi connectivity index (χ4n) is 2.23. The summed E-state index contributed by atoms with van der Waals surface area (Å²) >= 11 is 0. The van der Waals surface area contributed by atoms with E-state index in [4.69, 9.17) is 9.47 Å². The lowest BCUT2D eigenvalue weighted by molar-refractivity contribution is 0.177. The molecule has 1 aromatic carbocycles. The zero-order valence-corrected chi connectivity index (χ0v) is 13.6. The molecule has 0 saturated heterocycles. The maximum absolute atomic E-state index is 5.64. The molecule has 0 amide bonds. The van der Waals surface area contributed by atoms with Gasteiger partial charge >= 0.3 is 0 Å². The Balaban J connectivity index is 2.21. The van der Waals surface area contributed by atoms with Gasteiger partial charge in [-0.2, -0.15) is 0 Å². The number of rotatable bonds is 12. The van der Waals surface area contributed by atoms with Crippen molar-refractivity contribution in [3.8, 4) is 0 Å². The van der Waals surface area contributed by atoms with Crippen LogP contribution in [0.4, 0.5) is 0 Å². The molecule has 0 fully saturated rings. The first-order valence-electron chi connectivity index (χ1n) is 8.34. The van der Waals surface area contributed by atoms with Crippen molar-refractivity contribution < 1.29 is 9.47 Å². The highest BCUT2D eigenvalue weighted by atomic mass is 16.5. The van der Waals surface area contributed by atoms with Crippen molar-refractivity contribution >= 4 is 0 Å². The highest BCUT2D eigenvalue weighted by molar-refractivity contribution is 5.14. The van der Waals surface area contributed by atoms with Crippen LogP contribution in [-0.4, -0.2) is 13.2 Å². The molecule has 1 rings (SSSR count). The van der Waals surface area contributed by atoms with Gasteiger partial charge in [-0.25, -0.2) is 0 Å². The molecule has 0 bridgehead atoms. The van der Waals surface area contributed by atoms with Crippen molar-refractivity contribution in [2.45, 2.75) is 58.8 Å². The normalized spacial score (nSPS) is 11.4. The molecule has 0 aliphatic rings. The Morgan fingerprint density at radius 2 is 1.76 bits per heavy atom. The van der Waals surface area contributed by atoms with Crippen LogP contribution in [0.5, 0.6) is 0 Å². The predicted molar refractivity (Wildman–Crippen MR) is 89.2 cm³/mol. The molecule has 2 nitrogen and oxygen atoms in total. The molecule has 118 valence electrons. The van der Waals surface area contributed by atoms with Gasteiger partial charge in [0.05, 0.1) is 13.2 Å². The SMILES string of the molecule is CCCCCCC/C(=C\OCCc1ccccc1)OCC. The Morgan fingerprint density at radius 1 is 1.00 bits per heavy atom.